The van der Waals surface area contributed by atoms with E-state index < -0.39 is 6.08 Å². The van der Waals surface area contributed by atoms with Gasteiger partial charge in [-0.15, -0.1) is 0 Å². The fourth-order valence-corrected chi connectivity index (χ4v) is 8.01. The molecule has 0 aromatic heterocycles. The van der Waals surface area contributed by atoms with Crippen LogP contribution < -0.4 is 0 Å². The highest BCUT2D eigenvalue weighted by atomic mass is 19.3. The van der Waals surface area contributed by atoms with E-state index >= 15 is 0 Å². The summed E-state index contributed by atoms with van der Waals surface area (Å²) in [7, 11) is 0. The summed E-state index contributed by atoms with van der Waals surface area (Å²) in [5.74, 6) is 5.47. The van der Waals surface area contributed by atoms with E-state index in [9.17, 15) is 8.78 Å². The molecule has 1 nitrogen and oxygen atoms in total. The predicted octanol–water partition coefficient (Wildman–Crippen LogP) is 9.34. The zero-order chi connectivity index (χ0) is 23.0. The molecule has 3 saturated carbocycles. The van der Waals surface area contributed by atoms with Gasteiger partial charge in [-0.05, 0) is 157 Å². The molecule has 1 saturated heterocycles. The molecule has 1 heterocycles. The standard InChI is InChI=1S/C30H48F2O/c1-2-3-4-5-29-19-18-28(21-33-29)27-16-14-26(15-17-27)25-12-10-24(11-13-25)23-8-6-22(7-9-23)20-30(31)32/h2-3,20,22-29H,4-19,21H2,1H3. The van der Waals surface area contributed by atoms with Gasteiger partial charge in [-0.3, -0.25) is 0 Å². The van der Waals surface area contributed by atoms with Gasteiger partial charge in [0.05, 0.1) is 12.7 Å². The van der Waals surface area contributed by atoms with Crippen LogP contribution >= 0.6 is 0 Å². The zero-order valence-corrected chi connectivity index (χ0v) is 21.0. The third kappa shape index (κ3) is 7.39. The van der Waals surface area contributed by atoms with Crippen LogP contribution in [-0.4, -0.2) is 12.7 Å². The highest BCUT2D eigenvalue weighted by molar-refractivity contribution is 4.93. The number of allylic oxidation sites excluding steroid dienone is 3. The molecule has 0 bridgehead atoms. The molecule has 3 aliphatic carbocycles. The minimum Gasteiger partial charge on any atom is -0.378 e. The number of rotatable bonds is 7. The molecule has 1 aliphatic heterocycles. The molecule has 4 rings (SSSR count). The molecule has 0 aromatic rings. The maximum Gasteiger partial charge on any atom is 0.266 e. The summed E-state index contributed by atoms with van der Waals surface area (Å²) in [4.78, 5) is 0. The van der Waals surface area contributed by atoms with Gasteiger partial charge in [0.15, 0.2) is 0 Å². The highest BCUT2D eigenvalue weighted by Gasteiger charge is 2.36. The number of halogens is 2. The van der Waals surface area contributed by atoms with Gasteiger partial charge in [0.2, 0.25) is 0 Å². The minimum atomic E-state index is -1.48. The van der Waals surface area contributed by atoms with Crippen molar-refractivity contribution >= 4 is 0 Å². The van der Waals surface area contributed by atoms with Crippen molar-refractivity contribution in [2.24, 2.45) is 41.4 Å². The second-order valence-electron chi connectivity index (χ2n) is 11.9. The average Bonchev–Trinajstić information content (AvgIpc) is 2.85. The molecule has 0 spiro atoms. The van der Waals surface area contributed by atoms with E-state index in [1.54, 1.807) is 0 Å². The second-order valence-corrected chi connectivity index (χ2v) is 11.9. The molecule has 188 valence electrons. The Labute approximate surface area is 201 Å². The first-order valence-electron chi connectivity index (χ1n) is 14.4. The maximum absolute atomic E-state index is 12.5. The first-order valence-corrected chi connectivity index (χ1v) is 14.4. The van der Waals surface area contributed by atoms with Crippen LogP contribution in [0.5, 0.6) is 0 Å². The van der Waals surface area contributed by atoms with Gasteiger partial charge in [0, 0.05) is 0 Å². The fraction of sp³-hybridized carbons (Fsp3) is 0.867. The monoisotopic (exact) mass is 462 g/mol. The van der Waals surface area contributed by atoms with Gasteiger partial charge in [0.25, 0.3) is 6.08 Å². The van der Waals surface area contributed by atoms with Crippen LogP contribution in [0.3, 0.4) is 0 Å². The molecule has 33 heavy (non-hydrogen) atoms. The Morgan fingerprint density at radius 3 is 1.55 bits per heavy atom. The normalized spacial score (nSPS) is 40.6. The van der Waals surface area contributed by atoms with Crippen molar-refractivity contribution < 1.29 is 13.5 Å². The molecule has 4 fully saturated rings. The molecule has 0 amide bonds. The third-order valence-corrected chi connectivity index (χ3v) is 10.1. The lowest BCUT2D eigenvalue weighted by Crippen LogP contribution is -2.34. The zero-order valence-electron chi connectivity index (χ0n) is 21.0. The predicted molar refractivity (Wildman–Crippen MR) is 133 cm³/mol. The summed E-state index contributed by atoms with van der Waals surface area (Å²) in [6, 6.07) is 0. The lowest BCUT2D eigenvalue weighted by molar-refractivity contribution is -0.0432. The van der Waals surface area contributed by atoms with Crippen molar-refractivity contribution in [1.82, 2.24) is 0 Å². The van der Waals surface area contributed by atoms with Crippen molar-refractivity contribution in [1.29, 1.82) is 0 Å². The van der Waals surface area contributed by atoms with Crippen LogP contribution in [0.2, 0.25) is 0 Å². The van der Waals surface area contributed by atoms with E-state index in [2.05, 4.69) is 19.1 Å². The van der Waals surface area contributed by atoms with E-state index in [4.69, 9.17) is 4.74 Å². The van der Waals surface area contributed by atoms with Crippen molar-refractivity contribution in [2.45, 2.75) is 116 Å². The first-order chi connectivity index (χ1) is 16.1. The Balaban J connectivity index is 1.12. The number of hydrogen-bond acceptors (Lipinski definition) is 1. The van der Waals surface area contributed by atoms with Crippen molar-refractivity contribution in [3.63, 3.8) is 0 Å². The van der Waals surface area contributed by atoms with Gasteiger partial charge >= 0.3 is 0 Å². The second kappa shape index (κ2) is 12.8. The summed E-state index contributed by atoms with van der Waals surface area (Å²) >= 11 is 0. The Kier molecular flexibility index (Phi) is 9.88. The molecule has 0 radical (unpaired) electrons. The number of ether oxygens (including phenoxy) is 1. The van der Waals surface area contributed by atoms with Crippen LogP contribution in [0.4, 0.5) is 8.78 Å². The van der Waals surface area contributed by atoms with Crippen LogP contribution in [-0.2, 0) is 4.74 Å². The van der Waals surface area contributed by atoms with Gasteiger partial charge in [0.1, 0.15) is 0 Å². The SMILES string of the molecule is CC=CCCC1CCC(C2CCC(C3CCC(C4CCC(C=C(F)F)CC4)CC3)CC2)CO1. The first kappa shape index (κ1) is 25.4. The lowest BCUT2D eigenvalue weighted by atomic mass is 9.64. The molecule has 4 aliphatic rings. The average molecular weight is 463 g/mol. The van der Waals surface area contributed by atoms with E-state index in [0.717, 1.165) is 61.4 Å². The summed E-state index contributed by atoms with van der Waals surface area (Å²) in [5, 5.41) is 0. The summed E-state index contributed by atoms with van der Waals surface area (Å²) < 4.78 is 31.3. The Bertz CT molecular complexity index is 607. The molecular formula is C30H48F2O. The van der Waals surface area contributed by atoms with Crippen molar-refractivity contribution in [2.75, 3.05) is 6.61 Å². The van der Waals surface area contributed by atoms with Crippen molar-refractivity contribution in [3.05, 3.63) is 24.3 Å². The quantitative estimate of drug-likeness (QED) is 0.342. The fourth-order valence-electron chi connectivity index (χ4n) is 8.01. The van der Waals surface area contributed by atoms with Crippen LogP contribution in [0.15, 0.2) is 24.3 Å². The molecule has 0 aromatic carbocycles. The van der Waals surface area contributed by atoms with Crippen LogP contribution in [0.1, 0.15) is 110 Å². The number of hydrogen-bond donors (Lipinski definition) is 0. The van der Waals surface area contributed by atoms with E-state index in [-0.39, 0.29) is 5.92 Å². The third-order valence-electron chi connectivity index (χ3n) is 10.1. The molecule has 0 N–H and O–H groups in total. The Hall–Kier alpha value is -0.700. The van der Waals surface area contributed by atoms with Gasteiger partial charge < -0.3 is 4.74 Å². The Morgan fingerprint density at radius 1 is 0.667 bits per heavy atom. The summed E-state index contributed by atoms with van der Waals surface area (Å²) in [6.45, 7) is 3.11. The summed E-state index contributed by atoms with van der Waals surface area (Å²) in [5.41, 5.74) is 0. The van der Waals surface area contributed by atoms with Crippen molar-refractivity contribution in [3.8, 4) is 0 Å². The topological polar surface area (TPSA) is 9.23 Å². The molecule has 3 heteroatoms. The van der Waals surface area contributed by atoms with Crippen LogP contribution in [0, 0.1) is 41.4 Å². The van der Waals surface area contributed by atoms with Crippen LogP contribution in [0.25, 0.3) is 0 Å². The van der Waals surface area contributed by atoms with Gasteiger partial charge in [-0.1, -0.05) is 12.2 Å². The van der Waals surface area contributed by atoms with E-state index in [1.807, 2.05) is 0 Å². The molecule has 2 unspecified atom stereocenters. The minimum absolute atomic E-state index is 0.136. The largest absolute Gasteiger partial charge is 0.378 e. The van der Waals surface area contributed by atoms with E-state index in [0.29, 0.717) is 6.10 Å². The van der Waals surface area contributed by atoms with E-state index in [1.165, 1.54) is 89.5 Å². The highest BCUT2D eigenvalue weighted by Crippen LogP contribution is 2.47. The van der Waals surface area contributed by atoms with Gasteiger partial charge in [-0.2, -0.15) is 8.78 Å². The smallest absolute Gasteiger partial charge is 0.266 e. The Morgan fingerprint density at radius 2 is 1.12 bits per heavy atom. The maximum atomic E-state index is 12.5. The van der Waals surface area contributed by atoms with Gasteiger partial charge in [-0.25, -0.2) is 0 Å². The molecule has 2 atom stereocenters. The lowest BCUT2D eigenvalue weighted by Gasteiger charge is -2.43. The summed E-state index contributed by atoms with van der Waals surface area (Å²) in [6.07, 6.45) is 25.4. The molecular weight excluding hydrogens is 414 g/mol.